The van der Waals surface area contributed by atoms with Crippen molar-refractivity contribution in [3.05, 3.63) is 42.4 Å². The zero-order valence-corrected chi connectivity index (χ0v) is 19.4. The minimum absolute atomic E-state index is 0.0400. The van der Waals surface area contributed by atoms with Crippen LogP contribution in [-0.2, 0) is 17.2 Å². The van der Waals surface area contributed by atoms with E-state index in [9.17, 15) is 9.32 Å². The van der Waals surface area contributed by atoms with E-state index in [0.717, 1.165) is 49.1 Å². The quantitative estimate of drug-likeness (QED) is 0.542. The van der Waals surface area contributed by atoms with E-state index in [0.29, 0.717) is 47.1 Å². The van der Waals surface area contributed by atoms with Gasteiger partial charge in [-0.2, -0.15) is 4.98 Å². The lowest BCUT2D eigenvalue weighted by Crippen LogP contribution is -2.48. The second-order valence-corrected chi connectivity index (χ2v) is 10.4. The van der Waals surface area contributed by atoms with Crippen molar-refractivity contribution >= 4 is 28.1 Å². The first-order valence-electron chi connectivity index (χ1n) is 11.5. The first-order valence-corrected chi connectivity index (χ1v) is 12.8. The Morgan fingerprint density at radius 3 is 2.68 bits per heavy atom. The van der Waals surface area contributed by atoms with Gasteiger partial charge in [0.05, 0.1) is 40.4 Å². The van der Waals surface area contributed by atoms with Crippen LogP contribution in [-0.4, -0.2) is 65.2 Å². The molecular formula is C23H25N7O3S. The van der Waals surface area contributed by atoms with Crippen LogP contribution in [0.25, 0.3) is 17.0 Å². The lowest BCUT2D eigenvalue weighted by atomic mass is 9.77. The molecule has 1 fully saturated rings. The number of nitrogens with one attached hydrogen (secondary N) is 1. The molecule has 0 spiro atoms. The summed E-state index contributed by atoms with van der Waals surface area (Å²) in [4.78, 5) is 25.5. The molecule has 2 aliphatic heterocycles. The lowest BCUT2D eigenvalue weighted by molar-refractivity contribution is 0.143. The van der Waals surface area contributed by atoms with E-state index in [1.165, 1.54) is 6.26 Å². The van der Waals surface area contributed by atoms with Crippen LogP contribution in [0.1, 0.15) is 37.2 Å². The number of nitrogens with zero attached hydrogens (tertiary/aromatic N) is 6. The van der Waals surface area contributed by atoms with Crippen LogP contribution >= 0.6 is 0 Å². The molecule has 2 N–H and O–H groups in total. The summed E-state index contributed by atoms with van der Waals surface area (Å²) >= 11 is 0. The molecule has 1 saturated carbocycles. The Kier molecular flexibility index (Phi) is 5.37. The van der Waals surface area contributed by atoms with Gasteiger partial charge in [0, 0.05) is 37.7 Å². The van der Waals surface area contributed by atoms with Crippen LogP contribution in [0.3, 0.4) is 0 Å². The van der Waals surface area contributed by atoms with E-state index in [1.54, 1.807) is 18.6 Å². The van der Waals surface area contributed by atoms with E-state index in [4.69, 9.17) is 14.4 Å². The molecule has 3 aromatic rings. The first-order chi connectivity index (χ1) is 16.6. The second-order valence-electron chi connectivity index (χ2n) is 8.92. The summed E-state index contributed by atoms with van der Waals surface area (Å²) in [6, 6.07) is 0. The molecule has 0 aromatic carbocycles. The highest BCUT2D eigenvalue weighted by molar-refractivity contribution is 7.85. The van der Waals surface area contributed by atoms with E-state index in [-0.39, 0.29) is 12.1 Å². The van der Waals surface area contributed by atoms with Crippen LogP contribution in [0.4, 0.5) is 11.8 Å². The van der Waals surface area contributed by atoms with Gasteiger partial charge in [0.15, 0.2) is 5.82 Å². The first kappa shape index (κ1) is 21.4. The topological polar surface area (TPSA) is 130 Å². The van der Waals surface area contributed by atoms with Gasteiger partial charge in [0.2, 0.25) is 11.8 Å². The Balaban J connectivity index is 1.23. The number of anilines is 2. The van der Waals surface area contributed by atoms with Crippen molar-refractivity contribution in [1.82, 2.24) is 24.9 Å². The van der Waals surface area contributed by atoms with Crippen molar-refractivity contribution < 1.29 is 13.7 Å². The largest absolute Gasteiger partial charge is 0.444 e. The fraction of sp³-hybridized carbons (Fsp3) is 0.435. The number of fused-ring (bicyclic) bond motifs is 1. The SMILES string of the molecule is O=[S@]1CCc2nc(N3CC=C(c4ncc(-c5ncco5)cn4)CC3)nc(NC3(CO)CCC3)c21. The average Bonchev–Trinajstić information content (AvgIpc) is 3.52. The number of hydrogen-bond donors (Lipinski definition) is 2. The van der Waals surface area contributed by atoms with Gasteiger partial charge in [-0.1, -0.05) is 6.08 Å². The molecule has 176 valence electrons. The molecular weight excluding hydrogens is 454 g/mol. The van der Waals surface area contributed by atoms with Crippen molar-refractivity contribution in [2.45, 2.75) is 42.5 Å². The fourth-order valence-corrected chi connectivity index (χ4v) is 5.92. The van der Waals surface area contributed by atoms with Gasteiger partial charge >= 0.3 is 0 Å². The third kappa shape index (κ3) is 3.78. The maximum absolute atomic E-state index is 12.6. The Labute approximate surface area is 199 Å². The molecule has 3 aromatic heterocycles. The molecule has 0 saturated heterocycles. The highest BCUT2D eigenvalue weighted by Gasteiger charge is 2.39. The molecule has 1 atom stereocenters. The number of aryl methyl sites for hydroxylation is 1. The normalized spacial score (nSPS) is 21.0. The van der Waals surface area contributed by atoms with Crippen molar-refractivity contribution in [2.75, 3.05) is 35.7 Å². The molecule has 5 heterocycles. The maximum Gasteiger partial charge on any atom is 0.228 e. The zero-order chi connectivity index (χ0) is 23.1. The standard InChI is InChI=1S/C23H25N7O3S/c31-14-23(5-1-6-23)29-20-18-17(4-11-34(18)32)27-22(28-20)30-8-2-15(3-9-30)19-25-12-16(13-26-19)21-24-7-10-33-21/h2,7,10,12-13,31H,1,3-6,8-9,11,14H2,(H,27,28,29)/t34-/m0/s1. The van der Waals surface area contributed by atoms with Crippen LogP contribution < -0.4 is 10.2 Å². The molecule has 0 bridgehead atoms. The van der Waals surface area contributed by atoms with Gasteiger partial charge in [0.25, 0.3) is 0 Å². The van der Waals surface area contributed by atoms with Crippen molar-refractivity contribution in [1.29, 1.82) is 0 Å². The summed E-state index contributed by atoms with van der Waals surface area (Å²) in [6.45, 7) is 1.40. The van der Waals surface area contributed by atoms with Gasteiger partial charge in [-0.3, -0.25) is 4.21 Å². The maximum atomic E-state index is 12.6. The van der Waals surface area contributed by atoms with Crippen molar-refractivity contribution in [3.8, 4) is 11.5 Å². The van der Waals surface area contributed by atoms with Crippen LogP contribution in [0.2, 0.25) is 0 Å². The summed E-state index contributed by atoms with van der Waals surface area (Å²) < 4.78 is 17.9. The monoisotopic (exact) mass is 479 g/mol. The summed E-state index contributed by atoms with van der Waals surface area (Å²) in [7, 11) is -1.11. The van der Waals surface area contributed by atoms with Crippen LogP contribution in [0.15, 0.2) is 40.2 Å². The number of hydrogen-bond acceptors (Lipinski definition) is 10. The molecule has 34 heavy (non-hydrogen) atoms. The van der Waals surface area contributed by atoms with Gasteiger partial charge in [0.1, 0.15) is 17.0 Å². The summed E-state index contributed by atoms with van der Waals surface area (Å²) in [5.74, 6) is 3.00. The molecule has 1 aliphatic carbocycles. The van der Waals surface area contributed by atoms with Crippen LogP contribution in [0, 0.1) is 0 Å². The van der Waals surface area contributed by atoms with Crippen molar-refractivity contribution in [3.63, 3.8) is 0 Å². The molecule has 3 aliphatic rings. The fourth-order valence-electron chi connectivity index (χ4n) is 4.61. The zero-order valence-electron chi connectivity index (χ0n) is 18.6. The van der Waals surface area contributed by atoms with Crippen LogP contribution in [0.5, 0.6) is 0 Å². The molecule has 0 amide bonds. The van der Waals surface area contributed by atoms with E-state index >= 15 is 0 Å². The average molecular weight is 480 g/mol. The summed E-state index contributed by atoms with van der Waals surface area (Å²) in [5.41, 5.74) is 2.29. The Morgan fingerprint density at radius 1 is 1.18 bits per heavy atom. The van der Waals surface area contributed by atoms with E-state index in [2.05, 4.69) is 31.2 Å². The summed E-state index contributed by atoms with van der Waals surface area (Å²) in [5, 5.41) is 13.4. The molecule has 0 unspecified atom stereocenters. The third-order valence-electron chi connectivity index (χ3n) is 6.78. The molecule has 6 rings (SSSR count). The smallest absolute Gasteiger partial charge is 0.228 e. The lowest BCUT2D eigenvalue weighted by Gasteiger charge is -2.41. The molecule has 0 radical (unpaired) electrons. The van der Waals surface area contributed by atoms with Crippen molar-refractivity contribution in [2.24, 2.45) is 0 Å². The minimum atomic E-state index is -1.11. The molecule has 10 nitrogen and oxygen atoms in total. The number of aromatic nitrogens is 5. The number of aliphatic hydroxyl groups excluding tert-OH is 1. The molecule has 11 heteroatoms. The van der Waals surface area contributed by atoms with E-state index in [1.807, 2.05) is 0 Å². The summed E-state index contributed by atoms with van der Waals surface area (Å²) in [6.07, 6.45) is 12.9. The number of oxazole rings is 1. The Bertz CT molecular complexity index is 1250. The van der Waals surface area contributed by atoms with Gasteiger partial charge in [-0.15, -0.1) is 0 Å². The number of aliphatic hydroxyl groups is 1. The Morgan fingerprint density at radius 2 is 2.03 bits per heavy atom. The highest BCUT2D eigenvalue weighted by atomic mass is 32.2. The van der Waals surface area contributed by atoms with E-state index < -0.39 is 10.8 Å². The third-order valence-corrected chi connectivity index (χ3v) is 8.24. The highest BCUT2D eigenvalue weighted by Crippen LogP contribution is 2.38. The van der Waals surface area contributed by atoms with Gasteiger partial charge < -0.3 is 19.7 Å². The predicted octanol–water partition coefficient (Wildman–Crippen LogP) is 2.21. The van der Waals surface area contributed by atoms with Gasteiger partial charge in [-0.25, -0.2) is 19.9 Å². The predicted molar refractivity (Wildman–Crippen MR) is 127 cm³/mol. The number of rotatable bonds is 6. The Hall–Kier alpha value is -3.18. The minimum Gasteiger partial charge on any atom is -0.444 e. The second kappa shape index (κ2) is 8.55. The van der Waals surface area contributed by atoms with Gasteiger partial charge in [-0.05, 0) is 31.3 Å².